The van der Waals surface area contributed by atoms with Crippen molar-refractivity contribution in [3.63, 3.8) is 0 Å². The third kappa shape index (κ3) is 7.47. The molecule has 0 saturated carbocycles. The second kappa shape index (κ2) is 11.4. The van der Waals surface area contributed by atoms with Crippen LogP contribution in [0.5, 0.6) is 5.75 Å². The number of phenols is 1. The van der Waals surface area contributed by atoms with Gasteiger partial charge in [-0.15, -0.1) is 0 Å². The van der Waals surface area contributed by atoms with Crippen molar-refractivity contribution < 1.29 is 28.2 Å². The van der Waals surface area contributed by atoms with Crippen LogP contribution in [0.4, 0.5) is 13.2 Å². The van der Waals surface area contributed by atoms with E-state index < -0.39 is 12.1 Å². The number of phenolic OH excluding ortho intramolecular Hbond substituents is 1. The van der Waals surface area contributed by atoms with Crippen LogP contribution in [0.2, 0.25) is 5.02 Å². The summed E-state index contributed by atoms with van der Waals surface area (Å²) in [4.78, 5) is 13.8. The van der Waals surface area contributed by atoms with Crippen molar-refractivity contribution in [2.24, 2.45) is 0 Å². The highest BCUT2D eigenvalue weighted by atomic mass is 35.5. The SMILES string of the molecule is O=C(O)C(F)(F)F.Oc1ccc(CN2CCN(Cc3cc(-c4ccccc4)n[nH]3)CC2)cc1Cl. The molecule has 2 heterocycles. The number of aromatic amines is 1. The predicted octanol–water partition coefficient (Wildman–Crippen LogP) is 4.39. The number of alkyl halides is 3. The molecule has 1 saturated heterocycles. The highest BCUT2D eigenvalue weighted by Crippen LogP contribution is 2.24. The number of rotatable bonds is 5. The molecule has 4 rings (SSSR count). The normalized spacial score (nSPS) is 14.9. The zero-order chi connectivity index (χ0) is 24.7. The summed E-state index contributed by atoms with van der Waals surface area (Å²) in [6, 6.07) is 17.8. The monoisotopic (exact) mass is 496 g/mol. The first-order valence-corrected chi connectivity index (χ1v) is 10.8. The van der Waals surface area contributed by atoms with Gasteiger partial charge in [-0.2, -0.15) is 18.3 Å². The Hall–Kier alpha value is -3.08. The van der Waals surface area contributed by atoms with Gasteiger partial charge >= 0.3 is 12.1 Å². The van der Waals surface area contributed by atoms with Gasteiger partial charge in [0.25, 0.3) is 0 Å². The number of hydrogen-bond donors (Lipinski definition) is 3. The highest BCUT2D eigenvalue weighted by molar-refractivity contribution is 6.32. The lowest BCUT2D eigenvalue weighted by Gasteiger charge is -2.34. The van der Waals surface area contributed by atoms with Gasteiger partial charge in [0, 0.05) is 50.5 Å². The van der Waals surface area contributed by atoms with Gasteiger partial charge in [-0.25, -0.2) is 4.79 Å². The first-order chi connectivity index (χ1) is 16.1. The molecule has 7 nitrogen and oxygen atoms in total. The van der Waals surface area contributed by atoms with Crippen molar-refractivity contribution in [1.82, 2.24) is 20.0 Å². The fourth-order valence-electron chi connectivity index (χ4n) is 3.45. The highest BCUT2D eigenvalue weighted by Gasteiger charge is 2.38. The maximum atomic E-state index is 10.6. The van der Waals surface area contributed by atoms with Crippen LogP contribution in [0.25, 0.3) is 11.3 Å². The maximum absolute atomic E-state index is 10.6. The van der Waals surface area contributed by atoms with Crippen LogP contribution in [0, 0.1) is 0 Å². The molecule has 0 radical (unpaired) electrons. The van der Waals surface area contributed by atoms with Gasteiger partial charge in [-0.3, -0.25) is 14.9 Å². The van der Waals surface area contributed by atoms with Crippen LogP contribution in [0.3, 0.4) is 0 Å². The summed E-state index contributed by atoms with van der Waals surface area (Å²) in [5.74, 6) is -2.62. The number of halogens is 4. The Morgan fingerprint density at radius 2 is 1.59 bits per heavy atom. The van der Waals surface area contributed by atoms with E-state index in [-0.39, 0.29) is 5.75 Å². The molecule has 1 aliphatic heterocycles. The third-order valence-electron chi connectivity index (χ3n) is 5.22. The molecule has 0 aliphatic carbocycles. The van der Waals surface area contributed by atoms with Crippen molar-refractivity contribution in [2.45, 2.75) is 19.3 Å². The summed E-state index contributed by atoms with van der Waals surface area (Å²) in [6.45, 7) is 5.81. The molecule has 0 amide bonds. The molecule has 0 unspecified atom stereocenters. The van der Waals surface area contributed by atoms with E-state index in [1.165, 1.54) is 0 Å². The van der Waals surface area contributed by atoms with E-state index in [1.807, 2.05) is 30.3 Å². The van der Waals surface area contributed by atoms with E-state index in [4.69, 9.17) is 21.5 Å². The first kappa shape index (κ1) is 25.5. The number of hydrogen-bond acceptors (Lipinski definition) is 5. The van der Waals surface area contributed by atoms with Gasteiger partial charge in [0.2, 0.25) is 0 Å². The lowest BCUT2D eigenvalue weighted by Crippen LogP contribution is -2.45. The number of carbonyl (C=O) groups is 1. The molecule has 11 heteroatoms. The average Bonchev–Trinajstić information content (AvgIpc) is 3.27. The number of nitrogens with one attached hydrogen (secondary N) is 1. The molecular formula is C23H24ClF3N4O3. The van der Waals surface area contributed by atoms with Gasteiger partial charge in [-0.05, 0) is 23.8 Å². The van der Waals surface area contributed by atoms with Gasteiger partial charge in [-0.1, -0.05) is 48.0 Å². The molecule has 0 bridgehead atoms. The van der Waals surface area contributed by atoms with E-state index >= 15 is 0 Å². The number of nitrogens with zero attached hydrogens (tertiary/aromatic N) is 3. The van der Waals surface area contributed by atoms with Crippen LogP contribution in [-0.2, 0) is 17.9 Å². The Balaban J connectivity index is 0.000000406. The number of aromatic hydroxyl groups is 1. The average molecular weight is 497 g/mol. The standard InChI is InChI=1S/C21H23ClN4O.C2HF3O2/c22-19-12-16(6-7-21(19)27)14-25-8-10-26(11-9-25)15-18-13-20(24-23-18)17-4-2-1-3-5-17;3-2(4,5)1(6)7/h1-7,12-13,27H,8-11,14-15H2,(H,23,24);(H,6,7). The van der Waals surface area contributed by atoms with Gasteiger partial charge in [0.15, 0.2) is 0 Å². The van der Waals surface area contributed by atoms with Crippen molar-refractivity contribution >= 4 is 17.6 Å². The Morgan fingerprint density at radius 3 is 2.15 bits per heavy atom. The van der Waals surface area contributed by atoms with Crippen molar-refractivity contribution in [2.75, 3.05) is 26.2 Å². The van der Waals surface area contributed by atoms with E-state index in [0.29, 0.717) is 5.02 Å². The van der Waals surface area contributed by atoms with Crippen LogP contribution in [-0.4, -0.2) is 68.5 Å². The number of benzene rings is 2. The first-order valence-electron chi connectivity index (χ1n) is 10.4. The summed E-state index contributed by atoms with van der Waals surface area (Å²) in [5, 5.41) is 24.7. The zero-order valence-electron chi connectivity index (χ0n) is 18.1. The maximum Gasteiger partial charge on any atom is 0.490 e. The predicted molar refractivity (Wildman–Crippen MR) is 121 cm³/mol. The number of H-pyrrole nitrogens is 1. The Morgan fingerprint density at radius 1 is 1.00 bits per heavy atom. The zero-order valence-corrected chi connectivity index (χ0v) is 18.9. The summed E-state index contributed by atoms with van der Waals surface area (Å²) >= 11 is 6.01. The minimum atomic E-state index is -5.08. The number of aliphatic carboxylic acids is 1. The lowest BCUT2D eigenvalue weighted by molar-refractivity contribution is -0.192. The van der Waals surface area contributed by atoms with Crippen molar-refractivity contribution in [1.29, 1.82) is 0 Å². The fraction of sp³-hybridized carbons (Fsp3) is 0.304. The van der Waals surface area contributed by atoms with E-state index in [1.54, 1.807) is 6.07 Å². The van der Waals surface area contributed by atoms with Crippen LogP contribution >= 0.6 is 11.6 Å². The molecule has 0 spiro atoms. The van der Waals surface area contributed by atoms with Gasteiger partial charge in [0.05, 0.1) is 10.7 Å². The number of carboxylic acids is 1. The second-order valence-corrected chi connectivity index (χ2v) is 8.19. The lowest BCUT2D eigenvalue weighted by atomic mass is 10.1. The minimum absolute atomic E-state index is 0.139. The van der Waals surface area contributed by atoms with Crippen molar-refractivity contribution in [3.05, 3.63) is 70.9 Å². The summed E-state index contributed by atoms with van der Waals surface area (Å²) < 4.78 is 31.7. The summed E-state index contributed by atoms with van der Waals surface area (Å²) in [6.07, 6.45) is -5.08. The molecule has 1 aliphatic rings. The van der Waals surface area contributed by atoms with Crippen LogP contribution in [0.1, 0.15) is 11.3 Å². The third-order valence-corrected chi connectivity index (χ3v) is 5.52. The van der Waals surface area contributed by atoms with E-state index in [0.717, 1.165) is 61.8 Å². The van der Waals surface area contributed by atoms with Crippen LogP contribution in [0.15, 0.2) is 54.6 Å². The van der Waals surface area contributed by atoms with E-state index in [9.17, 15) is 18.3 Å². The Bertz CT molecular complexity index is 1080. The number of piperazine rings is 1. The molecule has 34 heavy (non-hydrogen) atoms. The molecule has 182 valence electrons. The van der Waals surface area contributed by atoms with E-state index in [2.05, 4.69) is 38.2 Å². The quantitative estimate of drug-likeness (QED) is 0.485. The smallest absolute Gasteiger partial charge is 0.490 e. The molecular weight excluding hydrogens is 473 g/mol. The summed E-state index contributed by atoms with van der Waals surface area (Å²) in [7, 11) is 0. The largest absolute Gasteiger partial charge is 0.506 e. The molecule has 1 fully saturated rings. The van der Waals surface area contributed by atoms with Gasteiger partial charge in [0.1, 0.15) is 5.75 Å². The fourth-order valence-corrected chi connectivity index (χ4v) is 3.66. The topological polar surface area (TPSA) is 92.7 Å². The molecule has 3 N–H and O–H groups in total. The Kier molecular flexibility index (Phi) is 8.54. The van der Waals surface area contributed by atoms with Crippen molar-refractivity contribution in [3.8, 4) is 17.0 Å². The molecule has 2 aromatic carbocycles. The molecule has 1 aromatic heterocycles. The number of carboxylic acid groups (broad SMARTS) is 1. The minimum Gasteiger partial charge on any atom is -0.506 e. The second-order valence-electron chi connectivity index (χ2n) is 7.79. The van der Waals surface area contributed by atoms with Crippen LogP contribution < -0.4 is 0 Å². The summed E-state index contributed by atoms with van der Waals surface area (Å²) in [5.41, 5.74) is 4.41. The Labute approximate surface area is 199 Å². The number of aromatic nitrogens is 2. The molecule has 0 atom stereocenters. The molecule has 3 aromatic rings. The van der Waals surface area contributed by atoms with Gasteiger partial charge < -0.3 is 10.2 Å².